The maximum atomic E-state index is 11.0. The molecule has 0 spiro atoms. The second-order valence-electron chi connectivity index (χ2n) is 3.34. The zero-order valence-corrected chi connectivity index (χ0v) is 9.09. The Labute approximate surface area is 86.8 Å². The van der Waals surface area contributed by atoms with Gasteiger partial charge in [0, 0.05) is 6.20 Å². The minimum atomic E-state index is -3.31. The number of sulfonamides is 1. The number of H-pyrrole nitrogens is 1. The number of anilines is 1. The molecule has 6 nitrogen and oxygen atoms in total. The molecule has 0 atom stereocenters. The topological polar surface area (TPSA) is 87.7 Å². The van der Waals surface area contributed by atoms with Crippen molar-refractivity contribution in [2.24, 2.45) is 0 Å². The van der Waals surface area contributed by atoms with Crippen molar-refractivity contribution >= 4 is 27.1 Å². The summed E-state index contributed by atoms with van der Waals surface area (Å²) < 4.78 is 24.2. The molecule has 0 saturated carbocycles. The molecule has 0 fully saturated rings. The summed E-state index contributed by atoms with van der Waals surface area (Å²) in [6.07, 6.45) is 2.74. The summed E-state index contributed by atoms with van der Waals surface area (Å²) in [6, 6.07) is 1.85. The van der Waals surface area contributed by atoms with Gasteiger partial charge in [-0.1, -0.05) is 0 Å². The van der Waals surface area contributed by atoms with Crippen molar-refractivity contribution in [1.29, 1.82) is 0 Å². The fourth-order valence-electron chi connectivity index (χ4n) is 1.23. The van der Waals surface area contributed by atoms with Crippen molar-refractivity contribution in [3.05, 3.63) is 17.8 Å². The molecule has 0 aromatic carbocycles. The van der Waals surface area contributed by atoms with E-state index >= 15 is 0 Å². The number of nitrogens with one attached hydrogen (secondary N) is 2. The average Bonchev–Trinajstić information content (AvgIpc) is 2.42. The molecule has 0 radical (unpaired) electrons. The Balaban J connectivity index is 2.48. The lowest BCUT2D eigenvalue weighted by Gasteiger charge is -1.95. The highest BCUT2D eigenvalue weighted by atomic mass is 32.2. The van der Waals surface area contributed by atoms with Crippen LogP contribution in [0.5, 0.6) is 0 Å². The predicted molar refractivity (Wildman–Crippen MR) is 57.1 cm³/mol. The molecule has 0 aliphatic carbocycles. The van der Waals surface area contributed by atoms with Crippen molar-refractivity contribution in [3.63, 3.8) is 0 Å². The smallest absolute Gasteiger partial charge is 0.232 e. The van der Waals surface area contributed by atoms with E-state index in [2.05, 4.69) is 19.7 Å². The third kappa shape index (κ3) is 2.24. The van der Waals surface area contributed by atoms with E-state index in [1.54, 1.807) is 6.20 Å². The van der Waals surface area contributed by atoms with E-state index in [9.17, 15) is 8.42 Å². The Kier molecular flexibility index (Phi) is 2.11. The number of hydrogen-bond donors (Lipinski definition) is 2. The van der Waals surface area contributed by atoms with Gasteiger partial charge in [-0.05, 0) is 18.6 Å². The van der Waals surface area contributed by atoms with Gasteiger partial charge in [0.15, 0.2) is 5.65 Å². The summed E-state index contributed by atoms with van der Waals surface area (Å²) in [5.74, 6) is 0.186. The molecule has 0 aliphatic rings. The van der Waals surface area contributed by atoms with Crippen LogP contribution >= 0.6 is 0 Å². The first kappa shape index (κ1) is 9.91. The van der Waals surface area contributed by atoms with Gasteiger partial charge >= 0.3 is 0 Å². The first-order chi connectivity index (χ1) is 6.94. The molecule has 80 valence electrons. The van der Waals surface area contributed by atoms with Gasteiger partial charge in [0.25, 0.3) is 0 Å². The number of imidazole rings is 1. The zero-order chi connectivity index (χ0) is 11.1. The highest BCUT2D eigenvalue weighted by molar-refractivity contribution is 7.91. The summed E-state index contributed by atoms with van der Waals surface area (Å²) in [7, 11) is -3.31. The van der Waals surface area contributed by atoms with Crippen LogP contribution in [0, 0.1) is 6.92 Å². The first-order valence-electron chi connectivity index (χ1n) is 4.24. The zero-order valence-electron chi connectivity index (χ0n) is 8.27. The van der Waals surface area contributed by atoms with E-state index in [0.717, 1.165) is 11.8 Å². The van der Waals surface area contributed by atoms with Crippen LogP contribution in [0.2, 0.25) is 0 Å². The number of nitrogens with zero attached hydrogens (tertiary/aromatic N) is 2. The Morgan fingerprint density at radius 1 is 1.47 bits per heavy atom. The molecular weight excluding hydrogens is 216 g/mol. The van der Waals surface area contributed by atoms with E-state index in [1.807, 2.05) is 13.0 Å². The quantitative estimate of drug-likeness (QED) is 0.786. The van der Waals surface area contributed by atoms with Crippen molar-refractivity contribution < 1.29 is 8.42 Å². The van der Waals surface area contributed by atoms with Crippen molar-refractivity contribution in [2.75, 3.05) is 11.0 Å². The molecule has 2 rings (SSSR count). The maximum Gasteiger partial charge on any atom is 0.232 e. The number of aromatic nitrogens is 3. The highest BCUT2D eigenvalue weighted by Crippen LogP contribution is 2.13. The maximum absolute atomic E-state index is 11.0. The molecule has 7 heteroatoms. The van der Waals surface area contributed by atoms with Crippen LogP contribution in [0.3, 0.4) is 0 Å². The lowest BCUT2D eigenvalue weighted by Crippen LogP contribution is -2.10. The number of pyridine rings is 1. The third-order valence-electron chi connectivity index (χ3n) is 1.76. The average molecular weight is 226 g/mol. The van der Waals surface area contributed by atoms with Gasteiger partial charge in [-0.3, -0.25) is 4.72 Å². The largest absolute Gasteiger partial charge is 0.322 e. The van der Waals surface area contributed by atoms with Crippen molar-refractivity contribution in [3.8, 4) is 0 Å². The first-order valence-corrected chi connectivity index (χ1v) is 6.13. The Bertz CT molecular complexity index is 602. The van der Waals surface area contributed by atoms with Crippen LogP contribution < -0.4 is 4.72 Å². The summed E-state index contributed by atoms with van der Waals surface area (Å²) >= 11 is 0. The minimum absolute atomic E-state index is 0.186. The molecule has 2 heterocycles. The summed E-state index contributed by atoms with van der Waals surface area (Å²) in [6.45, 7) is 1.90. The van der Waals surface area contributed by atoms with E-state index in [0.29, 0.717) is 11.2 Å². The summed E-state index contributed by atoms with van der Waals surface area (Å²) in [5.41, 5.74) is 2.19. The van der Waals surface area contributed by atoms with Crippen molar-refractivity contribution in [2.45, 2.75) is 6.92 Å². The lowest BCUT2D eigenvalue weighted by atomic mass is 10.3. The fraction of sp³-hybridized carbons (Fsp3) is 0.250. The van der Waals surface area contributed by atoms with Crippen molar-refractivity contribution in [1.82, 2.24) is 15.0 Å². The monoisotopic (exact) mass is 226 g/mol. The molecule has 0 aliphatic heterocycles. The van der Waals surface area contributed by atoms with Crippen LogP contribution in [-0.2, 0) is 10.0 Å². The number of rotatable bonds is 2. The van der Waals surface area contributed by atoms with Gasteiger partial charge in [-0.2, -0.15) is 4.98 Å². The molecule has 0 unspecified atom stereocenters. The molecule has 2 aromatic rings. The summed E-state index contributed by atoms with van der Waals surface area (Å²) in [4.78, 5) is 10.9. The summed E-state index contributed by atoms with van der Waals surface area (Å²) in [5, 5.41) is 0. The molecule has 2 N–H and O–H groups in total. The van der Waals surface area contributed by atoms with Gasteiger partial charge in [0.05, 0.1) is 11.8 Å². The Morgan fingerprint density at radius 2 is 2.20 bits per heavy atom. The van der Waals surface area contributed by atoms with Gasteiger partial charge in [-0.25, -0.2) is 13.4 Å². The normalized spacial score (nSPS) is 11.9. The number of aryl methyl sites for hydroxylation is 1. The van der Waals surface area contributed by atoms with E-state index in [4.69, 9.17) is 0 Å². The van der Waals surface area contributed by atoms with Gasteiger partial charge in [-0.15, -0.1) is 0 Å². The Morgan fingerprint density at radius 3 is 2.87 bits per heavy atom. The van der Waals surface area contributed by atoms with Crippen LogP contribution in [0.25, 0.3) is 11.2 Å². The van der Waals surface area contributed by atoms with E-state index in [1.165, 1.54) is 0 Å². The van der Waals surface area contributed by atoms with Gasteiger partial charge in [0.1, 0.15) is 0 Å². The third-order valence-corrected chi connectivity index (χ3v) is 2.32. The number of hydrogen-bond acceptors (Lipinski definition) is 4. The number of fused-ring (bicyclic) bond motifs is 1. The van der Waals surface area contributed by atoms with Gasteiger partial charge < -0.3 is 4.98 Å². The van der Waals surface area contributed by atoms with Crippen LogP contribution in [0.15, 0.2) is 12.3 Å². The molecular formula is C8H10N4O2S. The van der Waals surface area contributed by atoms with E-state index < -0.39 is 10.0 Å². The number of aromatic amines is 1. The second kappa shape index (κ2) is 3.20. The standard InChI is InChI=1S/C8H10N4O2S/c1-5-3-6-7(9-4-5)11-8(10-6)12-15(2,13)14/h3-4H,1-2H3,(H2,9,10,11,12). The molecule has 0 saturated heterocycles. The highest BCUT2D eigenvalue weighted by Gasteiger charge is 2.07. The van der Waals surface area contributed by atoms with Crippen LogP contribution in [0.4, 0.5) is 5.95 Å². The molecule has 2 aromatic heterocycles. The minimum Gasteiger partial charge on any atom is -0.322 e. The molecule has 0 amide bonds. The Hall–Kier alpha value is -1.63. The predicted octanol–water partition coefficient (Wildman–Crippen LogP) is 0.638. The van der Waals surface area contributed by atoms with Crippen LogP contribution in [0.1, 0.15) is 5.56 Å². The molecule has 0 bridgehead atoms. The van der Waals surface area contributed by atoms with Gasteiger partial charge in [0.2, 0.25) is 16.0 Å². The van der Waals surface area contributed by atoms with Crippen LogP contribution in [-0.4, -0.2) is 29.6 Å². The fourth-order valence-corrected chi connectivity index (χ4v) is 1.68. The lowest BCUT2D eigenvalue weighted by molar-refractivity contribution is 0.606. The van der Waals surface area contributed by atoms with E-state index in [-0.39, 0.29) is 5.95 Å². The molecule has 15 heavy (non-hydrogen) atoms. The second-order valence-corrected chi connectivity index (χ2v) is 5.09. The SMILES string of the molecule is Cc1cnc2nc(NS(C)(=O)=O)[nH]c2c1.